The van der Waals surface area contributed by atoms with Gasteiger partial charge in [0, 0.05) is 6.54 Å². The summed E-state index contributed by atoms with van der Waals surface area (Å²) in [5.74, 6) is 1.19. The monoisotopic (exact) mass is 287 g/mol. The first kappa shape index (κ1) is 14.2. The maximum Gasteiger partial charge on any atom is 0.170 e. The molecule has 0 saturated heterocycles. The second-order valence-corrected chi connectivity index (χ2v) is 5.80. The number of hydrogen-bond acceptors (Lipinski definition) is 5. The van der Waals surface area contributed by atoms with Gasteiger partial charge in [-0.15, -0.1) is 5.10 Å². The smallest absolute Gasteiger partial charge is 0.170 e. The van der Waals surface area contributed by atoms with Gasteiger partial charge in [-0.1, -0.05) is 24.6 Å². The number of para-hydroxylation sites is 1. The predicted octanol–water partition coefficient (Wildman–Crippen LogP) is 1.26. The largest absolute Gasteiger partial charge is 0.393 e. The number of aliphatic hydroxyl groups is 1. The van der Waals surface area contributed by atoms with Crippen LogP contribution >= 0.6 is 0 Å². The number of tetrazole rings is 1. The van der Waals surface area contributed by atoms with E-state index in [-0.39, 0.29) is 6.10 Å². The third-order valence-corrected chi connectivity index (χ3v) is 4.11. The Bertz CT molecular complexity index is 570. The van der Waals surface area contributed by atoms with Crippen molar-refractivity contribution in [1.82, 2.24) is 25.1 Å². The summed E-state index contributed by atoms with van der Waals surface area (Å²) in [5, 5.41) is 21.9. The van der Waals surface area contributed by atoms with E-state index >= 15 is 0 Å². The van der Waals surface area contributed by atoms with Gasteiger partial charge in [-0.3, -0.25) is 4.90 Å². The molecule has 2 atom stereocenters. The lowest BCUT2D eigenvalue weighted by atomic mass is 10.1. The molecule has 1 fully saturated rings. The lowest BCUT2D eigenvalue weighted by Crippen LogP contribution is -2.30. The molecule has 1 heterocycles. The van der Waals surface area contributed by atoms with E-state index in [1.54, 1.807) is 4.68 Å². The van der Waals surface area contributed by atoms with Crippen molar-refractivity contribution < 1.29 is 5.11 Å². The Morgan fingerprint density at radius 1 is 1.29 bits per heavy atom. The summed E-state index contributed by atoms with van der Waals surface area (Å²) in [6.07, 6.45) is 3.01. The molecule has 0 spiro atoms. The van der Waals surface area contributed by atoms with Crippen molar-refractivity contribution in [1.29, 1.82) is 0 Å². The minimum absolute atomic E-state index is 0.155. The van der Waals surface area contributed by atoms with Gasteiger partial charge in [0.25, 0.3) is 0 Å². The van der Waals surface area contributed by atoms with Crippen LogP contribution in [0.3, 0.4) is 0 Å². The van der Waals surface area contributed by atoms with Gasteiger partial charge in [0.1, 0.15) is 0 Å². The Balaban J connectivity index is 1.67. The molecule has 0 amide bonds. The first-order valence-electron chi connectivity index (χ1n) is 7.43. The summed E-state index contributed by atoms with van der Waals surface area (Å²) in [7, 11) is 2.05. The van der Waals surface area contributed by atoms with Crippen LogP contribution in [-0.4, -0.2) is 49.9 Å². The van der Waals surface area contributed by atoms with E-state index in [1.165, 1.54) is 0 Å². The molecule has 0 bridgehead atoms. The van der Waals surface area contributed by atoms with Crippen LogP contribution in [0.5, 0.6) is 0 Å². The molecular weight excluding hydrogens is 266 g/mol. The minimum Gasteiger partial charge on any atom is -0.393 e. The molecule has 1 N–H and O–H groups in total. The number of benzene rings is 1. The van der Waals surface area contributed by atoms with Gasteiger partial charge in [0.15, 0.2) is 5.82 Å². The van der Waals surface area contributed by atoms with Crippen molar-refractivity contribution in [2.75, 3.05) is 13.6 Å². The molecule has 1 aromatic carbocycles. The highest BCUT2D eigenvalue weighted by molar-refractivity contribution is 5.30. The van der Waals surface area contributed by atoms with Gasteiger partial charge in [0.05, 0.1) is 18.3 Å². The SMILES string of the molecule is CN(Cc1nnnn1-c1ccccc1)CC1CCCC1O. The molecule has 1 saturated carbocycles. The van der Waals surface area contributed by atoms with Gasteiger partial charge >= 0.3 is 0 Å². The zero-order valence-electron chi connectivity index (χ0n) is 12.3. The standard InChI is InChI=1S/C15H21N5O/c1-19(10-12-6-5-9-14(12)21)11-15-16-17-18-20(15)13-7-3-2-4-8-13/h2-4,7-8,12,14,21H,5-6,9-11H2,1H3. The molecule has 1 aliphatic carbocycles. The average Bonchev–Trinajstić information content (AvgIpc) is 3.10. The Morgan fingerprint density at radius 3 is 2.81 bits per heavy atom. The normalized spacial score (nSPS) is 22.0. The van der Waals surface area contributed by atoms with Crippen molar-refractivity contribution >= 4 is 0 Å². The summed E-state index contributed by atoms with van der Waals surface area (Å²) in [5.41, 5.74) is 0.965. The summed E-state index contributed by atoms with van der Waals surface area (Å²) < 4.78 is 1.77. The zero-order chi connectivity index (χ0) is 14.7. The molecule has 0 radical (unpaired) electrons. The summed E-state index contributed by atoms with van der Waals surface area (Å²) in [6, 6.07) is 9.89. The lowest BCUT2D eigenvalue weighted by molar-refractivity contribution is 0.107. The van der Waals surface area contributed by atoms with Crippen LogP contribution in [0.1, 0.15) is 25.1 Å². The maximum atomic E-state index is 9.92. The number of rotatable bonds is 5. The highest BCUT2D eigenvalue weighted by Gasteiger charge is 2.26. The third-order valence-electron chi connectivity index (χ3n) is 4.11. The molecule has 0 aliphatic heterocycles. The Labute approximate surface area is 124 Å². The highest BCUT2D eigenvalue weighted by Crippen LogP contribution is 2.26. The first-order valence-corrected chi connectivity index (χ1v) is 7.43. The van der Waals surface area contributed by atoms with Crippen LogP contribution in [-0.2, 0) is 6.54 Å². The van der Waals surface area contributed by atoms with Crippen LogP contribution < -0.4 is 0 Å². The van der Waals surface area contributed by atoms with E-state index in [4.69, 9.17) is 0 Å². The molecule has 1 aliphatic rings. The van der Waals surface area contributed by atoms with Gasteiger partial charge in [0.2, 0.25) is 0 Å². The highest BCUT2D eigenvalue weighted by atomic mass is 16.3. The molecule has 21 heavy (non-hydrogen) atoms. The van der Waals surface area contributed by atoms with Gasteiger partial charge in [-0.25, -0.2) is 0 Å². The van der Waals surface area contributed by atoms with E-state index in [0.717, 1.165) is 37.3 Å². The molecule has 1 aromatic heterocycles. The topological polar surface area (TPSA) is 67.1 Å². The van der Waals surface area contributed by atoms with E-state index in [1.807, 2.05) is 30.3 Å². The van der Waals surface area contributed by atoms with E-state index in [0.29, 0.717) is 12.5 Å². The van der Waals surface area contributed by atoms with Crippen molar-refractivity contribution in [2.24, 2.45) is 5.92 Å². The molecule has 2 unspecified atom stereocenters. The minimum atomic E-state index is -0.155. The van der Waals surface area contributed by atoms with E-state index in [9.17, 15) is 5.11 Å². The number of aliphatic hydroxyl groups excluding tert-OH is 1. The lowest BCUT2D eigenvalue weighted by Gasteiger charge is -2.22. The summed E-state index contributed by atoms with van der Waals surface area (Å²) >= 11 is 0. The van der Waals surface area contributed by atoms with Crippen molar-refractivity contribution in [2.45, 2.75) is 31.9 Å². The number of nitrogens with zero attached hydrogens (tertiary/aromatic N) is 5. The van der Waals surface area contributed by atoms with Crippen molar-refractivity contribution in [3.8, 4) is 5.69 Å². The molecular formula is C15H21N5O. The summed E-state index contributed by atoms with van der Waals surface area (Å²) in [4.78, 5) is 2.18. The summed E-state index contributed by atoms with van der Waals surface area (Å²) in [6.45, 7) is 1.55. The molecule has 3 rings (SSSR count). The van der Waals surface area contributed by atoms with Crippen LogP contribution in [0.15, 0.2) is 30.3 Å². The van der Waals surface area contributed by atoms with E-state index < -0.39 is 0 Å². The van der Waals surface area contributed by atoms with Gasteiger partial charge < -0.3 is 5.11 Å². The average molecular weight is 287 g/mol. The van der Waals surface area contributed by atoms with Crippen molar-refractivity contribution in [3.05, 3.63) is 36.2 Å². The molecule has 6 heteroatoms. The second kappa shape index (κ2) is 6.32. The Morgan fingerprint density at radius 2 is 2.10 bits per heavy atom. The van der Waals surface area contributed by atoms with Gasteiger partial charge in [-0.2, -0.15) is 4.68 Å². The van der Waals surface area contributed by atoms with Crippen molar-refractivity contribution in [3.63, 3.8) is 0 Å². The third kappa shape index (κ3) is 3.28. The Hall–Kier alpha value is -1.79. The van der Waals surface area contributed by atoms with Crippen LogP contribution in [0, 0.1) is 5.92 Å². The van der Waals surface area contributed by atoms with E-state index in [2.05, 4.69) is 27.5 Å². The number of aromatic nitrogens is 4. The first-order chi connectivity index (χ1) is 10.2. The fraction of sp³-hybridized carbons (Fsp3) is 0.533. The fourth-order valence-electron chi connectivity index (χ4n) is 3.01. The molecule has 112 valence electrons. The number of hydrogen-bond donors (Lipinski definition) is 1. The molecule has 2 aromatic rings. The maximum absolute atomic E-state index is 9.92. The van der Waals surface area contributed by atoms with Crippen LogP contribution in [0.4, 0.5) is 0 Å². The fourth-order valence-corrected chi connectivity index (χ4v) is 3.01. The predicted molar refractivity (Wildman–Crippen MR) is 78.8 cm³/mol. The quantitative estimate of drug-likeness (QED) is 0.896. The second-order valence-electron chi connectivity index (χ2n) is 5.80. The molecule has 6 nitrogen and oxygen atoms in total. The zero-order valence-corrected chi connectivity index (χ0v) is 12.3. The Kier molecular flexibility index (Phi) is 4.26. The van der Waals surface area contributed by atoms with Crippen LogP contribution in [0.2, 0.25) is 0 Å². The van der Waals surface area contributed by atoms with Crippen LogP contribution in [0.25, 0.3) is 5.69 Å². The van der Waals surface area contributed by atoms with Gasteiger partial charge in [-0.05, 0) is 48.4 Å².